The third-order valence-corrected chi connectivity index (χ3v) is 5.25. The molecule has 9 heteroatoms. The molecule has 1 aromatic rings. The van der Waals surface area contributed by atoms with Gasteiger partial charge < -0.3 is 9.80 Å². The maximum Gasteiger partial charge on any atom is 0.242 e. The van der Waals surface area contributed by atoms with Crippen molar-refractivity contribution in [1.82, 2.24) is 19.7 Å². The van der Waals surface area contributed by atoms with Crippen LogP contribution in [0.5, 0.6) is 0 Å². The number of imide groups is 1. The van der Waals surface area contributed by atoms with E-state index in [9.17, 15) is 19.2 Å². The van der Waals surface area contributed by atoms with Gasteiger partial charge in [0, 0.05) is 44.4 Å². The Morgan fingerprint density at radius 1 is 1.04 bits per heavy atom. The Hall–Kier alpha value is -2.29. The molecule has 2 saturated heterocycles. The van der Waals surface area contributed by atoms with Crippen molar-refractivity contribution in [2.75, 3.05) is 32.7 Å². The maximum atomic E-state index is 12.3. The van der Waals surface area contributed by atoms with Gasteiger partial charge in [-0.25, -0.2) is 4.98 Å². The van der Waals surface area contributed by atoms with Gasteiger partial charge in [-0.2, -0.15) is 0 Å². The lowest BCUT2D eigenvalue weighted by atomic mass is 10.2. The van der Waals surface area contributed by atoms with E-state index in [0.717, 1.165) is 15.6 Å². The summed E-state index contributed by atoms with van der Waals surface area (Å²) in [4.78, 5) is 56.4. The normalized spacial score (nSPS) is 18.2. The third kappa shape index (κ3) is 4.04. The highest BCUT2D eigenvalue weighted by molar-refractivity contribution is 7.09. The van der Waals surface area contributed by atoms with Crippen LogP contribution in [0.2, 0.25) is 0 Å². The third-order valence-electron chi connectivity index (χ3n) is 4.43. The Morgan fingerprint density at radius 3 is 2.12 bits per heavy atom. The lowest BCUT2D eigenvalue weighted by molar-refractivity contribution is -0.147. The standard InChI is InChI=1S/C16H20N4O4S/c1-11-17-12(10-25-11)8-15(23)18-4-6-19(7-5-18)16(24)9-20-13(21)2-3-14(20)22/h10H,2-9H2,1H3. The molecule has 3 rings (SSSR count). The number of rotatable bonds is 4. The van der Waals surface area contributed by atoms with Crippen LogP contribution >= 0.6 is 11.3 Å². The highest BCUT2D eigenvalue weighted by Gasteiger charge is 2.33. The number of carbonyl (C=O) groups excluding carboxylic acids is 4. The monoisotopic (exact) mass is 364 g/mol. The van der Waals surface area contributed by atoms with Crippen LogP contribution in [0.4, 0.5) is 0 Å². The summed E-state index contributed by atoms with van der Waals surface area (Å²) in [5.74, 6) is -0.815. The first kappa shape index (κ1) is 17.5. The van der Waals surface area contributed by atoms with Crippen molar-refractivity contribution >= 4 is 35.0 Å². The predicted molar refractivity (Wildman–Crippen MR) is 89.7 cm³/mol. The minimum absolute atomic E-state index is 0.00213. The average molecular weight is 364 g/mol. The molecule has 0 unspecified atom stereocenters. The predicted octanol–water partition coefficient (Wildman–Crippen LogP) is -0.186. The first-order valence-corrected chi connectivity index (χ1v) is 9.12. The van der Waals surface area contributed by atoms with Crippen molar-refractivity contribution in [2.24, 2.45) is 0 Å². The summed E-state index contributed by atoms with van der Waals surface area (Å²) in [5.41, 5.74) is 0.775. The summed E-state index contributed by atoms with van der Waals surface area (Å²) < 4.78 is 0. The van der Waals surface area contributed by atoms with E-state index in [4.69, 9.17) is 0 Å². The van der Waals surface area contributed by atoms with Gasteiger partial charge in [0.25, 0.3) is 0 Å². The van der Waals surface area contributed by atoms with Crippen LogP contribution in [0.3, 0.4) is 0 Å². The zero-order chi connectivity index (χ0) is 18.0. The molecule has 2 fully saturated rings. The lowest BCUT2D eigenvalue weighted by Gasteiger charge is -2.35. The fourth-order valence-electron chi connectivity index (χ4n) is 3.00. The van der Waals surface area contributed by atoms with Gasteiger partial charge in [0.05, 0.1) is 17.1 Å². The summed E-state index contributed by atoms with van der Waals surface area (Å²) in [6.45, 7) is 3.45. The molecule has 0 spiro atoms. The fourth-order valence-corrected chi connectivity index (χ4v) is 3.61. The molecule has 0 bridgehead atoms. The summed E-state index contributed by atoms with van der Waals surface area (Å²) in [6.07, 6.45) is 0.643. The molecule has 1 aromatic heterocycles. The molecule has 0 saturated carbocycles. The Morgan fingerprint density at radius 2 is 1.60 bits per heavy atom. The number of likely N-dealkylation sites (tertiary alicyclic amines) is 1. The summed E-state index contributed by atoms with van der Waals surface area (Å²) in [6, 6.07) is 0. The van der Waals surface area contributed by atoms with Crippen LogP contribution in [-0.2, 0) is 25.6 Å². The van der Waals surface area contributed by atoms with E-state index in [0.29, 0.717) is 26.2 Å². The van der Waals surface area contributed by atoms with Crippen LogP contribution in [-0.4, -0.2) is 76.0 Å². The Labute approximate surface area is 149 Å². The smallest absolute Gasteiger partial charge is 0.242 e. The molecule has 4 amide bonds. The molecule has 0 aromatic carbocycles. The molecular formula is C16H20N4O4S. The van der Waals surface area contributed by atoms with Gasteiger partial charge in [0.2, 0.25) is 23.6 Å². The van der Waals surface area contributed by atoms with Crippen LogP contribution in [0, 0.1) is 6.92 Å². The van der Waals surface area contributed by atoms with E-state index in [1.807, 2.05) is 12.3 Å². The number of amides is 4. The van der Waals surface area contributed by atoms with Gasteiger partial charge in [0.15, 0.2) is 0 Å². The molecule has 3 heterocycles. The highest BCUT2D eigenvalue weighted by atomic mass is 32.1. The van der Waals surface area contributed by atoms with Crippen molar-refractivity contribution < 1.29 is 19.2 Å². The molecule has 0 N–H and O–H groups in total. The fraction of sp³-hybridized carbons (Fsp3) is 0.562. The van der Waals surface area contributed by atoms with Crippen molar-refractivity contribution in [3.8, 4) is 0 Å². The molecule has 134 valence electrons. The molecule has 8 nitrogen and oxygen atoms in total. The molecule has 0 aliphatic carbocycles. The second kappa shape index (κ2) is 7.30. The van der Waals surface area contributed by atoms with Gasteiger partial charge in [0.1, 0.15) is 6.54 Å². The van der Waals surface area contributed by atoms with Gasteiger partial charge >= 0.3 is 0 Å². The Bertz CT molecular complexity index is 693. The molecule has 0 atom stereocenters. The van der Waals surface area contributed by atoms with Crippen LogP contribution in [0.1, 0.15) is 23.5 Å². The number of hydrogen-bond donors (Lipinski definition) is 0. The maximum absolute atomic E-state index is 12.3. The van der Waals surface area contributed by atoms with Crippen LogP contribution in [0.25, 0.3) is 0 Å². The van der Waals surface area contributed by atoms with Crippen molar-refractivity contribution in [1.29, 1.82) is 0 Å². The quantitative estimate of drug-likeness (QED) is 0.691. The van der Waals surface area contributed by atoms with E-state index in [2.05, 4.69) is 4.98 Å². The van der Waals surface area contributed by atoms with Crippen molar-refractivity contribution in [3.63, 3.8) is 0 Å². The summed E-state index contributed by atoms with van der Waals surface area (Å²) in [5, 5.41) is 2.82. The largest absolute Gasteiger partial charge is 0.339 e. The minimum Gasteiger partial charge on any atom is -0.339 e. The van der Waals surface area contributed by atoms with Crippen molar-refractivity contribution in [2.45, 2.75) is 26.2 Å². The van der Waals surface area contributed by atoms with E-state index in [1.54, 1.807) is 9.80 Å². The molecule has 2 aliphatic heterocycles. The van der Waals surface area contributed by atoms with Crippen molar-refractivity contribution in [3.05, 3.63) is 16.1 Å². The molecule has 2 aliphatic rings. The van der Waals surface area contributed by atoms with Gasteiger partial charge in [-0.1, -0.05) is 0 Å². The topological polar surface area (TPSA) is 90.9 Å². The van der Waals surface area contributed by atoms with Gasteiger partial charge in [-0.3, -0.25) is 24.1 Å². The van der Waals surface area contributed by atoms with Crippen LogP contribution in [0.15, 0.2) is 5.38 Å². The summed E-state index contributed by atoms with van der Waals surface area (Å²) >= 11 is 1.52. The first-order valence-electron chi connectivity index (χ1n) is 8.24. The average Bonchev–Trinajstić information content (AvgIpc) is 3.14. The number of nitrogens with zero attached hydrogens (tertiary/aromatic N) is 4. The Balaban J connectivity index is 1.48. The molecule has 25 heavy (non-hydrogen) atoms. The van der Waals surface area contributed by atoms with E-state index in [1.165, 1.54) is 11.3 Å². The number of hydrogen-bond acceptors (Lipinski definition) is 6. The minimum atomic E-state index is -0.286. The molecule has 0 radical (unpaired) electrons. The first-order chi connectivity index (χ1) is 11.9. The number of aromatic nitrogens is 1. The van der Waals surface area contributed by atoms with Crippen LogP contribution < -0.4 is 0 Å². The van der Waals surface area contributed by atoms with Gasteiger partial charge in [-0.15, -0.1) is 11.3 Å². The number of aryl methyl sites for hydroxylation is 1. The number of piperazine rings is 1. The van der Waals surface area contributed by atoms with E-state index >= 15 is 0 Å². The second-order valence-corrected chi connectivity index (χ2v) is 7.23. The summed E-state index contributed by atoms with van der Waals surface area (Å²) in [7, 11) is 0. The number of carbonyl (C=O) groups is 4. The second-order valence-electron chi connectivity index (χ2n) is 6.17. The zero-order valence-electron chi connectivity index (χ0n) is 14.1. The van der Waals surface area contributed by atoms with E-state index in [-0.39, 0.29) is 49.4 Å². The highest BCUT2D eigenvalue weighted by Crippen LogP contribution is 2.13. The lowest BCUT2D eigenvalue weighted by Crippen LogP contribution is -2.53. The zero-order valence-corrected chi connectivity index (χ0v) is 14.9. The molecular weight excluding hydrogens is 344 g/mol. The van der Waals surface area contributed by atoms with Gasteiger partial charge in [-0.05, 0) is 6.92 Å². The SMILES string of the molecule is Cc1nc(CC(=O)N2CCN(C(=O)CN3C(=O)CCC3=O)CC2)cs1. The Kier molecular flexibility index (Phi) is 5.12. The number of thiazole rings is 1. The van der Waals surface area contributed by atoms with E-state index < -0.39 is 0 Å².